The van der Waals surface area contributed by atoms with Gasteiger partial charge < -0.3 is 14.9 Å². The smallest absolute Gasteiger partial charge is 0.255 e. The third-order valence-electron chi connectivity index (χ3n) is 1.96. The second kappa shape index (κ2) is 4.43. The quantitative estimate of drug-likeness (QED) is 0.793. The van der Waals surface area contributed by atoms with Crippen molar-refractivity contribution >= 4 is 5.91 Å². The lowest BCUT2D eigenvalue weighted by atomic mass is 10.2. The standard InChI is InChI=1S/C10H9N3O3/c14-9-6-11-3-2-8(9)10(15)12-5-7-1-4-13-16-7/h1-4,6,14H,5H2,(H,12,15). The number of pyridine rings is 1. The number of nitrogens with zero attached hydrogens (tertiary/aromatic N) is 2. The van der Waals surface area contributed by atoms with Crippen LogP contribution in [0.3, 0.4) is 0 Å². The van der Waals surface area contributed by atoms with Crippen LogP contribution < -0.4 is 5.32 Å². The van der Waals surface area contributed by atoms with E-state index >= 15 is 0 Å². The number of carbonyl (C=O) groups excluding carboxylic acids is 1. The molecular formula is C10H9N3O3. The SMILES string of the molecule is O=C(NCc1ccno1)c1ccncc1O. The van der Waals surface area contributed by atoms with E-state index in [0.717, 1.165) is 0 Å². The van der Waals surface area contributed by atoms with Gasteiger partial charge in [0.2, 0.25) is 0 Å². The van der Waals surface area contributed by atoms with Crippen molar-refractivity contribution in [1.29, 1.82) is 0 Å². The summed E-state index contributed by atoms with van der Waals surface area (Å²) in [6.45, 7) is 0.223. The Morgan fingerprint density at radius 1 is 1.44 bits per heavy atom. The molecular weight excluding hydrogens is 210 g/mol. The number of carbonyl (C=O) groups is 1. The largest absolute Gasteiger partial charge is 0.505 e. The van der Waals surface area contributed by atoms with Crippen molar-refractivity contribution in [1.82, 2.24) is 15.5 Å². The highest BCUT2D eigenvalue weighted by Gasteiger charge is 2.10. The molecule has 2 aromatic rings. The first-order valence-corrected chi connectivity index (χ1v) is 4.58. The molecule has 0 aliphatic rings. The number of hydrogen-bond acceptors (Lipinski definition) is 5. The molecule has 6 heteroatoms. The van der Waals surface area contributed by atoms with Gasteiger partial charge in [0.25, 0.3) is 5.91 Å². The summed E-state index contributed by atoms with van der Waals surface area (Å²) in [5.41, 5.74) is 0.175. The maximum absolute atomic E-state index is 11.6. The number of hydrogen-bond donors (Lipinski definition) is 2. The summed E-state index contributed by atoms with van der Waals surface area (Å²) in [7, 11) is 0. The molecule has 0 radical (unpaired) electrons. The molecule has 2 N–H and O–H groups in total. The fourth-order valence-corrected chi connectivity index (χ4v) is 1.17. The fraction of sp³-hybridized carbons (Fsp3) is 0.100. The fourth-order valence-electron chi connectivity index (χ4n) is 1.17. The van der Waals surface area contributed by atoms with Gasteiger partial charge in [-0.25, -0.2) is 0 Å². The Kier molecular flexibility index (Phi) is 2.81. The van der Waals surface area contributed by atoms with Gasteiger partial charge in [-0.15, -0.1) is 0 Å². The number of amides is 1. The molecule has 2 rings (SSSR count). The van der Waals surface area contributed by atoms with Crippen LogP contribution in [0.15, 0.2) is 35.2 Å². The molecule has 0 unspecified atom stereocenters. The van der Waals surface area contributed by atoms with E-state index < -0.39 is 5.91 Å². The second-order valence-corrected chi connectivity index (χ2v) is 3.05. The summed E-state index contributed by atoms with van der Waals surface area (Å²) in [4.78, 5) is 15.3. The van der Waals surface area contributed by atoms with Crippen LogP contribution in [0.5, 0.6) is 5.75 Å². The van der Waals surface area contributed by atoms with Gasteiger partial charge in [-0.2, -0.15) is 0 Å². The lowest BCUT2D eigenvalue weighted by Gasteiger charge is -2.03. The van der Waals surface area contributed by atoms with Gasteiger partial charge in [-0.1, -0.05) is 5.16 Å². The Morgan fingerprint density at radius 3 is 3.00 bits per heavy atom. The monoisotopic (exact) mass is 219 g/mol. The van der Waals surface area contributed by atoms with Crippen LogP contribution in [0.25, 0.3) is 0 Å². The van der Waals surface area contributed by atoms with Crippen molar-refractivity contribution in [2.24, 2.45) is 0 Å². The van der Waals surface area contributed by atoms with E-state index in [4.69, 9.17) is 4.52 Å². The first kappa shape index (κ1) is 10.2. The maximum atomic E-state index is 11.6. The van der Waals surface area contributed by atoms with Crippen LogP contribution in [0.1, 0.15) is 16.1 Å². The summed E-state index contributed by atoms with van der Waals surface area (Å²) >= 11 is 0. The van der Waals surface area contributed by atoms with E-state index in [2.05, 4.69) is 15.5 Å². The highest BCUT2D eigenvalue weighted by Crippen LogP contribution is 2.13. The second-order valence-electron chi connectivity index (χ2n) is 3.05. The minimum absolute atomic E-state index is 0.155. The highest BCUT2D eigenvalue weighted by molar-refractivity contribution is 5.96. The summed E-state index contributed by atoms with van der Waals surface area (Å²) in [5, 5.41) is 15.5. The summed E-state index contributed by atoms with van der Waals surface area (Å²) in [6.07, 6.45) is 4.14. The number of aromatic nitrogens is 2. The third-order valence-corrected chi connectivity index (χ3v) is 1.96. The molecule has 0 spiro atoms. The van der Waals surface area contributed by atoms with Gasteiger partial charge in [-0.05, 0) is 6.07 Å². The third kappa shape index (κ3) is 2.17. The minimum atomic E-state index is -0.392. The Bertz CT molecular complexity index is 482. The number of aromatic hydroxyl groups is 1. The Hall–Kier alpha value is -2.37. The molecule has 0 atom stereocenters. The Balaban J connectivity index is 2.01. The van der Waals surface area contributed by atoms with Gasteiger partial charge in [0.1, 0.15) is 5.75 Å². The predicted octanol–water partition coefficient (Wildman–Crippen LogP) is 0.705. The molecule has 82 valence electrons. The van der Waals surface area contributed by atoms with Gasteiger partial charge >= 0.3 is 0 Å². The summed E-state index contributed by atoms with van der Waals surface area (Å²) < 4.78 is 4.81. The van der Waals surface area contributed by atoms with Gasteiger partial charge in [0.05, 0.1) is 24.5 Å². The lowest BCUT2D eigenvalue weighted by molar-refractivity contribution is 0.0944. The summed E-state index contributed by atoms with van der Waals surface area (Å²) in [6, 6.07) is 3.08. The first-order chi connectivity index (χ1) is 7.77. The lowest BCUT2D eigenvalue weighted by Crippen LogP contribution is -2.22. The van der Waals surface area contributed by atoms with E-state index in [1.807, 2.05) is 0 Å². The molecule has 0 fully saturated rings. The van der Waals surface area contributed by atoms with Crippen LogP contribution in [0.2, 0.25) is 0 Å². The molecule has 2 aromatic heterocycles. The van der Waals surface area contributed by atoms with Crippen LogP contribution in [0.4, 0.5) is 0 Å². The van der Waals surface area contributed by atoms with Crippen molar-refractivity contribution in [3.05, 3.63) is 42.0 Å². The molecule has 0 aliphatic carbocycles. The Labute approximate surface area is 90.9 Å². The zero-order valence-corrected chi connectivity index (χ0v) is 8.25. The molecule has 6 nitrogen and oxygen atoms in total. The van der Waals surface area contributed by atoms with Crippen LogP contribution >= 0.6 is 0 Å². The topological polar surface area (TPSA) is 88.3 Å². The number of rotatable bonds is 3. The van der Waals surface area contributed by atoms with Crippen molar-refractivity contribution in [2.45, 2.75) is 6.54 Å². The van der Waals surface area contributed by atoms with Gasteiger partial charge in [0.15, 0.2) is 5.76 Å². The van der Waals surface area contributed by atoms with Crippen LogP contribution in [0, 0.1) is 0 Å². The normalized spacial score (nSPS) is 10.0. The molecule has 0 saturated heterocycles. The van der Waals surface area contributed by atoms with Crippen molar-refractivity contribution < 1.29 is 14.4 Å². The Morgan fingerprint density at radius 2 is 2.31 bits per heavy atom. The van der Waals surface area contributed by atoms with Gasteiger partial charge in [0, 0.05) is 12.3 Å². The molecule has 16 heavy (non-hydrogen) atoms. The van der Waals surface area contributed by atoms with E-state index in [-0.39, 0.29) is 17.9 Å². The van der Waals surface area contributed by atoms with Crippen LogP contribution in [-0.4, -0.2) is 21.2 Å². The highest BCUT2D eigenvalue weighted by atomic mass is 16.5. The predicted molar refractivity (Wildman–Crippen MR) is 53.6 cm³/mol. The molecule has 1 amide bonds. The average Bonchev–Trinajstić information content (AvgIpc) is 2.79. The summed E-state index contributed by atoms with van der Waals surface area (Å²) in [5.74, 6) is -0.00392. The van der Waals surface area contributed by atoms with E-state index in [1.54, 1.807) is 6.07 Å². The molecule has 0 aromatic carbocycles. The maximum Gasteiger partial charge on any atom is 0.255 e. The minimum Gasteiger partial charge on any atom is -0.505 e. The average molecular weight is 219 g/mol. The van der Waals surface area contributed by atoms with Gasteiger partial charge in [-0.3, -0.25) is 9.78 Å². The zero-order chi connectivity index (χ0) is 11.4. The van der Waals surface area contributed by atoms with Crippen molar-refractivity contribution in [3.63, 3.8) is 0 Å². The van der Waals surface area contributed by atoms with Crippen molar-refractivity contribution in [3.8, 4) is 5.75 Å². The first-order valence-electron chi connectivity index (χ1n) is 4.58. The molecule has 0 saturated carbocycles. The zero-order valence-electron chi connectivity index (χ0n) is 8.25. The molecule has 2 heterocycles. The van der Waals surface area contributed by atoms with Crippen LogP contribution in [-0.2, 0) is 6.54 Å². The number of nitrogens with one attached hydrogen (secondary N) is 1. The van der Waals surface area contributed by atoms with E-state index in [9.17, 15) is 9.90 Å². The van der Waals surface area contributed by atoms with Crippen molar-refractivity contribution in [2.75, 3.05) is 0 Å². The molecule has 0 aliphatic heterocycles. The van der Waals surface area contributed by atoms with E-state index in [1.165, 1.54) is 24.7 Å². The van der Waals surface area contributed by atoms with E-state index in [0.29, 0.717) is 5.76 Å². The molecule has 0 bridgehead atoms.